The van der Waals surface area contributed by atoms with Gasteiger partial charge in [-0.1, -0.05) is 79.2 Å². The lowest BCUT2D eigenvalue weighted by molar-refractivity contribution is 0.182. The van der Waals surface area contributed by atoms with Gasteiger partial charge in [-0.3, -0.25) is 4.90 Å². The molecule has 0 aliphatic carbocycles. The zero-order chi connectivity index (χ0) is 24.0. The molecule has 3 heteroatoms. The van der Waals surface area contributed by atoms with Crippen molar-refractivity contribution in [3.63, 3.8) is 0 Å². The van der Waals surface area contributed by atoms with Gasteiger partial charge in [-0.15, -0.1) is 0 Å². The van der Waals surface area contributed by atoms with E-state index in [9.17, 15) is 0 Å². The fourth-order valence-electron chi connectivity index (χ4n) is 5.38. The van der Waals surface area contributed by atoms with Gasteiger partial charge in [-0.2, -0.15) is 0 Å². The first-order valence-corrected chi connectivity index (χ1v) is 12.8. The summed E-state index contributed by atoms with van der Waals surface area (Å²) >= 11 is 0. The molecule has 4 aromatic carbocycles. The highest BCUT2D eigenvalue weighted by molar-refractivity contribution is 5.87. The lowest BCUT2D eigenvalue weighted by Crippen LogP contribution is -2.33. The van der Waals surface area contributed by atoms with Gasteiger partial charge in [-0.05, 0) is 72.5 Å². The van der Waals surface area contributed by atoms with Gasteiger partial charge < -0.3 is 9.47 Å². The fraction of sp³-hybridized carbons (Fsp3) is 0.312. The molecular formula is C32H35NO2. The summed E-state index contributed by atoms with van der Waals surface area (Å²) in [6.45, 7) is 6.23. The third kappa shape index (κ3) is 5.21. The molecule has 180 valence electrons. The molecule has 0 amide bonds. The van der Waals surface area contributed by atoms with E-state index in [0.29, 0.717) is 6.61 Å². The Labute approximate surface area is 209 Å². The minimum absolute atomic E-state index is 0.0527. The molecule has 4 aromatic rings. The monoisotopic (exact) mass is 465 g/mol. The molecule has 1 atom stereocenters. The second-order valence-electron chi connectivity index (χ2n) is 9.52. The largest absolute Gasteiger partial charge is 0.497 e. The number of hydrogen-bond acceptors (Lipinski definition) is 3. The molecule has 1 fully saturated rings. The lowest BCUT2D eigenvalue weighted by atomic mass is 9.82. The number of likely N-dealkylation sites (tertiary alicyclic amines) is 1. The van der Waals surface area contributed by atoms with Crippen molar-refractivity contribution in [3.8, 4) is 11.5 Å². The molecule has 1 unspecified atom stereocenters. The Morgan fingerprint density at radius 1 is 0.771 bits per heavy atom. The number of nitrogens with zero attached hydrogens (tertiary/aromatic N) is 1. The van der Waals surface area contributed by atoms with E-state index in [0.717, 1.165) is 18.0 Å². The summed E-state index contributed by atoms with van der Waals surface area (Å²) in [5.74, 6) is 1.93. The predicted octanol–water partition coefficient (Wildman–Crippen LogP) is 7.20. The van der Waals surface area contributed by atoms with Crippen LogP contribution in [0.5, 0.6) is 11.5 Å². The summed E-state index contributed by atoms with van der Waals surface area (Å²) in [6.07, 6.45) is 3.96. The number of aryl methyl sites for hydroxylation is 1. The summed E-state index contributed by atoms with van der Waals surface area (Å²) in [6, 6.07) is 30.3. The maximum absolute atomic E-state index is 6.59. The second-order valence-corrected chi connectivity index (χ2v) is 9.52. The van der Waals surface area contributed by atoms with E-state index >= 15 is 0 Å². The smallest absolute Gasteiger partial charge is 0.126 e. The van der Waals surface area contributed by atoms with Crippen LogP contribution in [0.3, 0.4) is 0 Å². The molecule has 1 aliphatic heterocycles. The summed E-state index contributed by atoms with van der Waals surface area (Å²) in [5, 5.41) is 2.53. The molecular weight excluding hydrogens is 430 g/mol. The van der Waals surface area contributed by atoms with E-state index < -0.39 is 0 Å². The number of rotatable bonds is 8. The van der Waals surface area contributed by atoms with Crippen LogP contribution in [0.25, 0.3) is 10.8 Å². The van der Waals surface area contributed by atoms with E-state index in [1.165, 1.54) is 65.4 Å². The van der Waals surface area contributed by atoms with Crippen LogP contribution in [0, 0.1) is 6.92 Å². The Bertz CT molecular complexity index is 1250. The van der Waals surface area contributed by atoms with Crippen molar-refractivity contribution < 1.29 is 9.47 Å². The van der Waals surface area contributed by atoms with Gasteiger partial charge in [0, 0.05) is 18.0 Å². The average molecular weight is 466 g/mol. The van der Waals surface area contributed by atoms with Crippen LogP contribution in [0.4, 0.5) is 0 Å². The van der Waals surface area contributed by atoms with Crippen LogP contribution >= 0.6 is 0 Å². The van der Waals surface area contributed by atoms with E-state index in [1.54, 1.807) is 7.11 Å². The predicted molar refractivity (Wildman–Crippen MR) is 145 cm³/mol. The SMILES string of the molecule is COc1ccc(C(c2cccc(C)c2OCCN2CCCCC2)c2cccc3ccccc23)cc1. The number of ether oxygens (including phenoxy) is 2. The summed E-state index contributed by atoms with van der Waals surface area (Å²) < 4.78 is 12.0. The Morgan fingerprint density at radius 2 is 1.49 bits per heavy atom. The van der Waals surface area contributed by atoms with Crippen LogP contribution < -0.4 is 9.47 Å². The Morgan fingerprint density at radius 3 is 2.29 bits per heavy atom. The Hall–Kier alpha value is -3.30. The van der Waals surface area contributed by atoms with Crippen LogP contribution in [0.2, 0.25) is 0 Å². The zero-order valence-corrected chi connectivity index (χ0v) is 20.9. The van der Waals surface area contributed by atoms with Crippen molar-refractivity contribution in [1.82, 2.24) is 4.90 Å². The van der Waals surface area contributed by atoms with Gasteiger partial charge in [0.15, 0.2) is 0 Å². The second kappa shape index (κ2) is 11.0. The van der Waals surface area contributed by atoms with Crippen molar-refractivity contribution in [2.75, 3.05) is 33.4 Å². The molecule has 1 saturated heterocycles. The molecule has 0 N–H and O–H groups in total. The first-order chi connectivity index (χ1) is 17.2. The quantitative estimate of drug-likeness (QED) is 0.257. The molecule has 0 spiro atoms. The molecule has 1 aliphatic rings. The summed E-state index contributed by atoms with van der Waals surface area (Å²) in [4.78, 5) is 2.53. The first kappa shape index (κ1) is 23.4. The Kier molecular flexibility index (Phi) is 7.34. The number of hydrogen-bond donors (Lipinski definition) is 0. The van der Waals surface area contributed by atoms with Crippen molar-refractivity contribution in [1.29, 1.82) is 0 Å². The van der Waals surface area contributed by atoms with Crippen molar-refractivity contribution in [3.05, 3.63) is 107 Å². The lowest BCUT2D eigenvalue weighted by Gasteiger charge is -2.28. The molecule has 35 heavy (non-hydrogen) atoms. The highest BCUT2D eigenvalue weighted by Crippen LogP contribution is 2.41. The number of para-hydroxylation sites is 1. The van der Waals surface area contributed by atoms with Gasteiger partial charge in [0.25, 0.3) is 0 Å². The van der Waals surface area contributed by atoms with Gasteiger partial charge in [-0.25, -0.2) is 0 Å². The number of piperidine rings is 1. The summed E-state index contributed by atoms with van der Waals surface area (Å²) in [5.41, 5.74) is 4.92. The molecule has 0 saturated carbocycles. The maximum Gasteiger partial charge on any atom is 0.126 e. The van der Waals surface area contributed by atoms with Crippen LogP contribution in [0.15, 0.2) is 84.9 Å². The standard InChI is InChI=1S/C32H35NO2/c1-24-10-8-15-30(32(24)35-23-22-33-20-6-3-7-21-33)31(26-16-18-27(34-2)19-17-26)29-14-9-12-25-11-4-5-13-28(25)29/h4-5,8-19,31H,3,6-7,20-23H2,1-2H3. The topological polar surface area (TPSA) is 21.7 Å². The van der Waals surface area contributed by atoms with E-state index in [2.05, 4.69) is 96.8 Å². The van der Waals surface area contributed by atoms with E-state index in [-0.39, 0.29) is 5.92 Å². The zero-order valence-electron chi connectivity index (χ0n) is 20.9. The summed E-state index contributed by atoms with van der Waals surface area (Å²) in [7, 11) is 1.71. The minimum Gasteiger partial charge on any atom is -0.497 e. The number of methoxy groups -OCH3 is 1. The van der Waals surface area contributed by atoms with Gasteiger partial charge in [0.2, 0.25) is 0 Å². The van der Waals surface area contributed by atoms with E-state index in [1.807, 2.05) is 0 Å². The highest BCUT2D eigenvalue weighted by atomic mass is 16.5. The molecule has 1 heterocycles. The van der Waals surface area contributed by atoms with Crippen molar-refractivity contribution in [2.24, 2.45) is 0 Å². The Balaban J connectivity index is 1.56. The average Bonchev–Trinajstić information content (AvgIpc) is 2.91. The third-order valence-corrected chi connectivity index (χ3v) is 7.24. The van der Waals surface area contributed by atoms with Crippen LogP contribution in [0.1, 0.15) is 47.4 Å². The highest BCUT2D eigenvalue weighted by Gasteiger charge is 2.24. The molecule has 3 nitrogen and oxygen atoms in total. The van der Waals surface area contributed by atoms with Crippen molar-refractivity contribution >= 4 is 10.8 Å². The minimum atomic E-state index is 0.0527. The van der Waals surface area contributed by atoms with Gasteiger partial charge >= 0.3 is 0 Å². The van der Waals surface area contributed by atoms with Gasteiger partial charge in [0.05, 0.1) is 7.11 Å². The number of fused-ring (bicyclic) bond motifs is 1. The fourth-order valence-corrected chi connectivity index (χ4v) is 5.38. The number of benzene rings is 4. The van der Waals surface area contributed by atoms with E-state index in [4.69, 9.17) is 9.47 Å². The normalized spacial score (nSPS) is 15.1. The third-order valence-electron chi connectivity index (χ3n) is 7.24. The molecule has 0 aromatic heterocycles. The maximum atomic E-state index is 6.59. The van der Waals surface area contributed by atoms with Gasteiger partial charge in [0.1, 0.15) is 18.1 Å². The van der Waals surface area contributed by atoms with Crippen molar-refractivity contribution in [2.45, 2.75) is 32.1 Å². The van der Waals surface area contributed by atoms with Crippen LogP contribution in [-0.2, 0) is 0 Å². The van der Waals surface area contributed by atoms with Crippen LogP contribution in [-0.4, -0.2) is 38.3 Å². The first-order valence-electron chi connectivity index (χ1n) is 12.8. The molecule has 0 bridgehead atoms. The molecule has 0 radical (unpaired) electrons. The molecule has 5 rings (SSSR count).